The lowest BCUT2D eigenvalue weighted by atomic mass is 10.2. The van der Waals surface area contributed by atoms with Gasteiger partial charge in [-0.3, -0.25) is 4.79 Å². The van der Waals surface area contributed by atoms with E-state index in [2.05, 4.69) is 34.3 Å². The van der Waals surface area contributed by atoms with Gasteiger partial charge < -0.3 is 4.57 Å². The fourth-order valence-electron chi connectivity index (χ4n) is 1.16. The molecule has 0 aliphatic carbocycles. The molecule has 1 unspecified atom stereocenters. The summed E-state index contributed by atoms with van der Waals surface area (Å²) < 4.78 is 2.72. The molecule has 0 spiro atoms. The summed E-state index contributed by atoms with van der Waals surface area (Å²) in [6.07, 6.45) is 4.82. The van der Waals surface area contributed by atoms with Gasteiger partial charge in [-0.25, -0.2) is 0 Å². The summed E-state index contributed by atoms with van der Waals surface area (Å²) in [5.74, 6) is 0. The van der Waals surface area contributed by atoms with Crippen LogP contribution >= 0.6 is 15.9 Å². The molecule has 1 rings (SSSR count). The van der Waals surface area contributed by atoms with Crippen molar-refractivity contribution in [3.05, 3.63) is 32.7 Å². The van der Waals surface area contributed by atoms with Gasteiger partial charge in [-0.05, 0) is 36.2 Å². The third-order valence-corrected chi connectivity index (χ3v) is 2.84. The van der Waals surface area contributed by atoms with Crippen molar-refractivity contribution in [1.82, 2.24) is 4.57 Å². The van der Waals surface area contributed by atoms with E-state index in [0.29, 0.717) is 10.5 Å². The zero-order valence-electron chi connectivity index (χ0n) is 8.17. The molecule has 0 saturated heterocycles. The number of aryl methyl sites for hydroxylation is 1. The van der Waals surface area contributed by atoms with Gasteiger partial charge in [-0.1, -0.05) is 6.92 Å². The van der Waals surface area contributed by atoms with E-state index >= 15 is 0 Å². The Bertz CT molecular complexity index is 330. The molecule has 2 nitrogen and oxygen atoms in total. The van der Waals surface area contributed by atoms with Crippen LogP contribution in [0.2, 0.25) is 0 Å². The van der Waals surface area contributed by atoms with Crippen molar-refractivity contribution < 1.29 is 0 Å². The summed E-state index contributed by atoms with van der Waals surface area (Å²) in [5.41, 5.74) is 0.870. The molecule has 0 aliphatic heterocycles. The lowest BCUT2D eigenvalue weighted by Gasteiger charge is -2.14. The largest absolute Gasteiger partial charge is 0.350 e. The topological polar surface area (TPSA) is 22.0 Å². The standard InChI is InChI=1S/C10H14BrNO/c1-4-8(3)12-5-7(2)10(13)9(11)6-12/h5-6,8H,4H2,1-3H3. The normalized spacial score (nSPS) is 12.9. The average Bonchev–Trinajstić information content (AvgIpc) is 2.12. The lowest BCUT2D eigenvalue weighted by molar-refractivity contribution is 0.524. The molecule has 1 aromatic heterocycles. The fourth-order valence-corrected chi connectivity index (χ4v) is 1.71. The van der Waals surface area contributed by atoms with E-state index in [0.717, 1.165) is 12.0 Å². The molecule has 1 aromatic rings. The highest BCUT2D eigenvalue weighted by atomic mass is 79.9. The van der Waals surface area contributed by atoms with Gasteiger partial charge in [0.1, 0.15) is 0 Å². The number of rotatable bonds is 2. The van der Waals surface area contributed by atoms with E-state index in [9.17, 15) is 4.79 Å². The Balaban J connectivity index is 3.20. The number of hydrogen-bond acceptors (Lipinski definition) is 1. The van der Waals surface area contributed by atoms with Crippen molar-refractivity contribution in [1.29, 1.82) is 0 Å². The van der Waals surface area contributed by atoms with Crippen molar-refractivity contribution >= 4 is 15.9 Å². The first kappa shape index (κ1) is 10.5. The molecule has 0 bridgehead atoms. The van der Waals surface area contributed by atoms with Crippen molar-refractivity contribution in [2.24, 2.45) is 0 Å². The molecule has 0 fully saturated rings. The number of pyridine rings is 1. The highest BCUT2D eigenvalue weighted by molar-refractivity contribution is 9.10. The second kappa shape index (κ2) is 4.09. The summed E-state index contributed by atoms with van der Waals surface area (Å²) in [6, 6.07) is 0.440. The molecular formula is C10H14BrNO. The molecule has 72 valence electrons. The maximum atomic E-state index is 11.4. The molecule has 0 radical (unpaired) electrons. The Morgan fingerprint density at radius 3 is 2.62 bits per heavy atom. The zero-order chi connectivity index (χ0) is 10.0. The zero-order valence-corrected chi connectivity index (χ0v) is 9.76. The van der Waals surface area contributed by atoms with Crippen molar-refractivity contribution in [3.63, 3.8) is 0 Å². The van der Waals surface area contributed by atoms with Crippen molar-refractivity contribution in [2.75, 3.05) is 0 Å². The molecule has 13 heavy (non-hydrogen) atoms. The third kappa shape index (κ3) is 2.21. The van der Waals surface area contributed by atoms with Gasteiger partial charge in [0.25, 0.3) is 0 Å². The molecule has 3 heteroatoms. The molecule has 0 amide bonds. The summed E-state index contributed by atoms with van der Waals surface area (Å²) in [7, 11) is 0. The van der Waals surface area contributed by atoms with Crippen LogP contribution in [0.5, 0.6) is 0 Å². The smallest absolute Gasteiger partial charge is 0.198 e. The summed E-state index contributed by atoms with van der Waals surface area (Å²) >= 11 is 3.26. The van der Waals surface area contributed by atoms with Crippen LogP contribution in [0, 0.1) is 6.92 Å². The second-order valence-corrected chi connectivity index (χ2v) is 4.18. The molecule has 0 saturated carbocycles. The Labute approximate surface area is 86.7 Å². The summed E-state index contributed by atoms with van der Waals surface area (Å²) in [6.45, 7) is 6.11. The lowest BCUT2D eigenvalue weighted by Crippen LogP contribution is -2.13. The van der Waals surface area contributed by atoms with Crippen LogP contribution in [0.3, 0.4) is 0 Å². The highest BCUT2D eigenvalue weighted by Crippen LogP contribution is 2.13. The summed E-state index contributed by atoms with van der Waals surface area (Å²) in [4.78, 5) is 11.4. The van der Waals surface area contributed by atoms with Gasteiger partial charge in [-0.2, -0.15) is 0 Å². The van der Waals surface area contributed by atoms with E-state index < -0.39 is 0 Å². The first-order valence-corrected chi connectivity index (χ1v) is 5.23. The van der Waals surface area contributed by atoms with Crippen LogP contribution in [0.1, 0.15) is 31.9 Å². The molecular weight excluding hydrogens is 230 g/mol. The molecule has 1 heterocycles. The molecule has 1 atom stereocenters. The van der Waals surface area contributed by atoms with Gasteiger partial charge in [-0.15, -0.1) is 0 Å². The van der Waals surface area contributed by atoms with Crippen LogP contribution in [0.25, 0.3) is 0 Å². The fraction of sp³-hybridized carbons (Fsp3) is 0.500. The average molecular weight is 244 g/mol. The predicted octanol–water partition coefficient (Wildman–Crippen LogP) is 2.89. The maximum absolute atomic E-state index is 11.4. The van der Waals surface area contributed by atoms with Gasteiger partial charge in [0.05, 0.1) is 4.47 Å². The van der Waals surface area contributed by atoms with Crippen LogP contribution in [0.15, 0.2) is 21.7 Å². The first-order valence-electron chi connectivity index (χ1n) is 4.44. The van der Waals surface area contributed by atoms with E-state index in [4.69, 9.17) is 0 Å². The maximum Gasteiger partial charge on any atom is 0.198 e. The molecule has 0 N–H and O–H groups in total. The second-order valence-electron chi connectivity index (χ2n) is 3.32. The van der Waals surface area contributed by atoms with Crippen molar-refractivity contribution in [3.8, 4) is 0 Å². The highest BCUT2D eigenvalue weighted by Gasteiger charge is 2.04. The number of halogens is 1. The van der Waals surface area contributed by atoms with Crippen LogP contribution in [-0.4, -0.2) is 4.57 Å². The Hall–Kier alpha value is -0.570. The number of hydrogen-bond donors (Lipinski definition) is 0. The van der Waals surface area contributed by atoms with Crippen molar-refractivity contribution in [2.45, 2.75) is 33.2 Å². The summed E-state index contributed by atoms with van der Waals surface area (Å²) in [5, 5.41) is 0. The molecule has 0 aromatic carbocycles. The minimum atomic E-state index is 0.0829. The number of aromatic nitrogens is 1. The van der Waals surface area contributed by atoms with Gasteiger partial charge in [0.2, 0.25) is 0 Å². The predicted molar refractivity (Wildman–Crippen MR) is 58.1 cm³/mol. The van der Waals surface area contributed by atoms with Crippen LogP contribution < -0.4 is 5.43 Å². The molecule has 0 aliphatic rings. The minimum absolute atomic E-state index is 0.0829. The monoisotopic (exact) mass is 243 g/mol. The van der Waals surface area contributed by atoms with E-state index in [1.165, 1.54) is 0 Å². The Kier molecular flexibility index (Phi) is 3.31. The number of nitrogens with zero attached hydrogens (tertiary/aromatic N) is 1. The van der Waals surface area contributed by atoms with Crippen LogP contribution in [-0.2, 0) is 0 Å². The van der Waals surface area contributed by atoms with E-state index in [1.54, 1.807) is 0 Å². The van der Waals surface area contributed by atoms with Gasteiger partial charge >= 0.3 is 0 Å². The first-order chi connectivity index (χ1) is 6.06. The van der Waals surface area contributed by atoms with Gasteiger partial charge in [0.15, 0.2) is 5.43 Å². The third-order valence-electron chi connectivity index (χ3n) is 2.28. The SMILES string of the molecule is CCC(C)n1cc(C)c(=O)c(Br)c1. The van der Waals surface area contributed by atoms with E-state index in [-0.39, 0.29) is 5.43 Å². The minimum Gasteiger partial charge on any atom is -0.350 e. The Morgan fingerprint density at radius 1 is 1.54 bits per heavy atom. The van der Waals surface area contributed by atoms with Crippen LogP contribution in [0.4, 0.5) is 0 Å². The van der Waals surface area contributed by atoms with Gasteiger partial charge in [0, 0.05) is 24.0 Å². The Morgan fingerprint density at radius 2 is 2.15 bits per heavy atom. The quantitative estimate of drug-likeness (QED) is 0.784. The van der Waals surface area contributed by atoms with E-state index in [1.807, 2.05) is 19.3 Å².